The third kappa shape index (κ3) is 5.20. The lowest BCUT2D eigenvalue weighted by Crippen LogP contribution is -2.33. The zero-order valence-electron chi connectivity index (χ0n) is 14.7. The smallest absolute Gasteiger partial charge is 0.233 e. The summed E-state index contributed by atoms with van der Waals surface area (Å²) in [5.74, 6) is 1.79. The van der Waals surface area contributed by atoms with Gasteiger partial charge in [-0.15, -0.1) is 10.2 Å². The molecule has 1 amide bonds. The van der Waals surface area contributed by atoms with Gasteiger partial charge in [-0.25, -0.2) is 8.42 Å². The Morgan fingerprint density at radius 2 is 2.08 bits per heavy atom. The van der Waals surface area contributed by atoms with Gasteiger partial charge in [0.15, 0.2) is 15.0 Å². The van der Waals surface area contributed by atoms with E-state index in [0.29, 0.717) is 30.5 Å². The molecular formula is C15H26N4O3S2. The molecule has 7 nitrogen and oxygen atoms in total. The number of hydrogen-bond acceptors (Lipinski definition) is 6. The fourth-order valence-corrected chi connectivity index (χ4v) is 5.30. The Bertz CT molecular complexity index is 685. The highest BCUT2D eigenvalue weighted by atomic mass is 32.2. The highest BCUT2D eigenvalue weighted by Crippen LogP contribution is 2.25. The van der Waals surface area contributed by atoms with Crippen molar-refractivity contribution < 1.29 is 13.2 Å². The van der Waals surface area contributed by atoms with Crippen LogP contribution in [0.5, 0.6) is 0 Å². The summed E-state index contributed by atoms with van der Waals surface area (Å²) in [6.45, 7) is 6.61. The maximum Gasteiger partial charge on any atom is 0.233 e. The first-order valence-electron chi connectivity index (χ1n) is 8.21. The van der Waals surface area contributed by atoms with E-state index in [9.17, 15) is 13.2 Å². The van der Waals surface area contributed by atoms with Crippen molar-refractivity contribution in [3.05, 3.63) is 5.82 Å². The van der Waals surface area contributed by atoms with Crippen molar-refractivity contribution in [1.29, 1.82) is 0 Å². The van der Waals surface area contributed by atoms with Gasteiger partial charge in [0.25, 0.3) is 0 Å². The second-order valence-corrected chi connectivity index (χ2v) is 10.4. The molecule has 2 rings (SSSR count). The highest BCUT2D eigenvalue weighted by molar-refractivity contribution is 8.00. The number of nitrogens with one attached hydrogen (secondary N) is 1. The standard InChI is InChI=1S/C15H26N4O3S2/c1-10(2)8-16-14(20)11(3)23-15-18-17-13(19(15)4)7-12-5-6-24(21,22)9-12/h10-12H,5-9H2,1-4H3,(H,16,20)/t11-,12+/m1/s1. The molecule has 9 heteroatoms. The molecule has 0 saturated carbocycles. The molecule has 0 unspecified atom stereocenters. The lowest BCUT2D eigenvalue weighted by Gasteiger charge is -2.13. The normalized spacial score (nSPS) is 21.1. The molecule has 24 heavy (non-hydrogen) atoms. The molecule has 2 heterocycles. The van der Waals surface area contributed by atoms with E-state index >= 15 is 0 Å². The minimum atomic E-state index is -2.88. The van der Waals surface area contributed by atoms with Crippen LogP contribution in [0, 0.1) is 11.8 Å². The molecule has 136 valence electrons. The zero-order chi connectivity index (χ0) is 17.9. The quantitative estimate of drug-likeness (QED) is 0.717. The molecule has 2 atom stereocenters. The largest absolute Gasteiger partial charge is 0.355 e. The SMILES string of the molecule is CC(C)CNC(=O)[C@@H](C)Sc1nnc(C[C@@H]2CCS(=O)(=O)C2)n1C. The molecule has 1 aromatic heterocycles. The molecule has 1 N–H and O–H groups in total. The maximum atomic E-state index is 12.1. The Labute approximate surface area is 147 Å². The Kier molecular flexibility index (Phi) is 6.30. The summed E-state index contributed by atoms with van der Waals surface area (Å²) in [6, 6.07) is 0. The van der Waals surface area contributed by atoms with E-state index in [-0.39, 0.29) is 28.6 Å². The summed E-state index contributed by atoms with van der Waals surface area (Å²) in [4.78, 5) is 12.1. The van der Waals surface area contributed by atoms with E-state index in [1.165, 1.54) is 11.8 Å². The lowest BCUT2D eigenvalue weighted by molar-refractivity contribution is -0.120. The maximum absolute atomic E-state index is 12.1. The molecule has 1 fully saturated rings. The van der Waals surface area contributed by atoms with Crippen molar-refractivity contribution in [2.24, 2.45) is 18.9 Å². The van der Waals surface area contributed by atoms with Crippen LogP contribution in [-0.4, -0.2) is 52.4 Å². The lowest BCUT2D eigenvalue weighted by atomic mass is 10.1. The first-order chi connectivity index (χ1) is 11.2. The third-order valence-electron chi connectivity index (χ3n) is 4.06. The van der Waals surface area contributed by atoms with Crippen LogP contribution in [0.3, 0.4) is 0 Å². The molecule has 0 aliphatic carbocycles. The average Bonchev–Trinajstić information content (AvgIpc) is 3.01. The van der Waals surface area contributed by atoms with Gasteiger partial charge in [-0.05, 0) is 25.2 Å². The summed E-state index contributed by atoms with van der Waals surface area (Å²) in [6.07, 6.45) is 1.29. The molecular weight excluding hydrogens is 348 g/mol. The van der Waals surface area contributed by atoms with Crippen molar-refractivity contribution >= 4 is 27.5 Å². The Hall–Kier alpha value is -1.09. The highest BCUT2D eigenvalue weighted by Gasteiger charge is 2.29. The fourth-order valence-electron chi connectivity index (χ4n) is 2.58. The van der Waals surface area contributed by atoms with E-state index in [4.69, 9.17) is 0 Å². The van der Waals surface area contributed by atoms with E-state index in [1.807, 2.05) is 18.5 Å². The van der Waals surface area contributed by atoms with Crippen LogP contribution in [0.25, 0.3) is 0 Å². The fraction of sp³-hybridized carbons (Fsp3) is 0.800. The number of nitrogens with zero attached hydrogens (tertiary/aromatic N) is 3. The average molecular weight is 375 g/mol. The van der Waals surface area contributed by atoms with E-state index < -0.39 is 9.84 Å². The number of carbonyl (C=O) groups excluding carboxylic acids is 1. The number of rotatable bonds is 7. The molecule has 1 aromatic rings. The summed E-state index contributed by atoms with van der Waals surface area (Å²) < 4.78 is 25.0. The molecule has 0 aromatic carbocycles. The van der Waals surface area contributed by atoms with Crippen molar-refractivity contribution in [3.8, 4) is 0 Å². The van der Waals surface area contributed by atoms with Crippen molar-refractivity contribution in [1.82, 2.24) is 20.1 Å². The van der Waals surface area contributed by atoms with Crippen LogP contribution in [0.1, 0.15) is 33.0 Å². The van der Waals surface area contributed by atoms with Crippen LogP contribution in [-0.2, 0) is 28.1 Å². The number of amides is 1. The number of hydrogen-bond donors (Lipinski definition) is 1. The zero-order valence-corrected chi connectivity index (χ0v) is 16.3. The summed E-state index contributed by atoms with van der Waals surface area (Å²) in [5, 5.41) is 11.7. The van der Waals surface area contributed by atoms with Crippen LogP contribution in [0.2, 0.25) is 0 Å². The monoisotopic (exact) mass is 374 g/mol. The molecule has 0 radical (unpaired) electrons. The van der Waals surface area contributed by atoms with Gasteiger partial charge in [-0.1, -0.05) is 25.6 Å². The van der Waals surface area contributed by atoms with Gasteiger partial charge in [0.2, 0.25) is 5.91 Å². The van der Waals surface area contributed by atoms with Crippen molar-refractivity contribution in [3.63, 3.8) is 0 Å². The number of aromatic nitrogens is 3. The topological polar surface area (TPSA) is 94.0 Å². The van der Waals surface area contributed by atoms with Crippen molar-refractivity contribution in [2.45, 2.75) is 44.0 Å². The van der Waals surface area contributed by atoms with Crippen LogP contribution in [0.4, 0.5) is 0 Å². The van der Waals surface area contributed by atoms with Crippen molar-refractivity contribution in [2.75, 3.05) is 18.1 Å². The van der Waals surface area contributed by atoms with Crippen LogP contribution < -0.4 is 5.32 Å². The van der Waals surface area contributed by atoms with Gasteiger partial charge in [0, 0.05) is 20.0 Å². The first kappa shape index (κ1) is 19.2. The Balaban J connectivity index is 1.93. The van der Waals surface area contributed by atoms with E-state index in [0.717, 1.165) is 5.82 Å². The number of sulfone groups is 1. The number of thioether (sulfide) groups is 1. The molecule has 0 bridgehead atoms. The summed E-state index contributed by atoms with van der Waals surface area (Å²) in [5.41, 5.74) is 0. The minimum Gasteiger partial charge on any atom is -0.355 e. The molecule has 1 aliphatic rings. The summed E-state index contributed by atoms with van der Waals surface area (Å²) >= 11 is 1.37. The molecule has 1 aliphatic heterocycles. The minimum absolute atomic E-state index is 0.0138. The second kappa shape index (κ2) is 7.86. The third-order valence-corrected chi connectivity index (χ3v) is 7.03. The van der Waals surface area contributed by atoms with Gasteiger partial charge >= 0.3 is 0 Å². The van der Waals surface area contributed by atoms with Crippen LogP contribution >= 0.6 is 11.8 Å². The Morgan fingerprint density at radius 3 is 2.67 bits per heavy atom. The van der Waals surface area contributed by atoms with Gasteiger partial charge in [0.05, 0.1) is 16.8 Å². The van der Waals surface area contributed by atoms with Gasteiger partial charge in [-0.2, -0.15) is 0 Å². The Morgan fingerprint density at radius 1 is 1.38 bits per heavy atom. The van der Waals surface area contributed by atoms with Gasteiger partial charge in [-0.3, -0.25) is 4.79 Å². The van der Waals surface area contributed by atoms with Crippen LogP contribution in [0.15, 0.2) is 5.16 Å². The molecule has 1 saturated heterocycles. The second-order valence-electron chi connectivity index (χ2n) is 6.83. The summed E-state index contributed by atoms with van der Waals surface area (Å²) in [7, 11) is -1.02. The van der Waals surface area contributed by atoms with E-state index in [1.54, 1.807) is 0 Å². The first-order valence-corrected chi connectivity index (χ1v) is 10.9. The van der Waals surface area contributed by atoms with Gasteiger partial charge in [0.1, 0.15) is 5.82 Å². The van der Waals surface area contributed by atoms with Gasteiger partial charge < -0.3 is 9.88 Å². The predicted molar refractivity (Wildman–Crippen MR) is 94.6 cm³/mol. The predicted octanol–water partition coefficient (Wildman–Crippen LogP) is 1.05. The van der Waals surface area contributed by atoms with E-state index in [2.05, 4.69) is 29.4 Å². The molecule has 0 spiro atoms. The number of carbonyl (C=O) groups is 1.